The van der Waals surface area contributed by atoms with Gasteiger partial charge in [-0.3, -0.25) is 14.5 Å². The predicted molar refractivity (Wildman–Crippen MR) is 151 cm³/mol. The third-order valence-corrected chi connectivity index (χ3v) is 5.99. The number of nitrogens with one attached hydrogen (secondary N) is 1. The summed E-state index contributed by atoms with van der Waals surface area (Å²) >= 11 is 6.11. The number of carbonyl (C=O) groups is 4. The molecular weight excluding hydrogens is 554 g/mol. The molecule has 41 heavy (non-hydrogen) atoms. The number of carbonyl (C=O) groups excluding carboxylic acids is 2. The zero-order valence-corrected chi connectivity index (χ0v) is 23.0. The number of anilines is 1. The van der Waals surface area contributed by atoms with Gasteiger partial charge >= 0.3 is 11.9 Å². The Bertz CT molecular complexity index is 1510. The quantitative estimate of drug-likeness (QED) is 0.199. The predicted octanol–water partition coefficient (Wildman–Crippen LogP) is 3.09. The second-order valence-corrected chi connectivity index (χ2v) is 9.12. The van der Waals surface area contributed by atoms with Crippen LogP contribution in [0.1, 0.15) is 17.2 Å². The van der Waals surface area contributed by atoms with Crippen LogP contribution in [0.3, 0.4) is 0 Å². The standard InChI is InChI=1S/C26H26ClN5O3.C2H2O4/c1-18-6-5-7-21(16-18)32(24(33)17-31-23-9-4-3-8-22(23)29-30-31)25(26(34)28-14-15-35-2)19-10-12-20(27)13-11-19;3-1(4)2(5)6/h3-13,16,25H,14-15,17H2,1-2H3,(H,28,34);(H,3,4)(H,5,6). The Balaban J connectivity index is 0.000000696. The fraction of sp³-hybridized carbons (Fsp3) is 0.214. The van der Waals surface area contributed by atoms with E-state index in [1.807, 2.05) is 55.5 Å². The number of hydrogen-bond donors (Lipinski definition) is 3. The first-order valence-electron chi connectivity index (χ1n) is 12.3. The molecule has 0 radical (unpaired) electrons. The minimum atomic E-state index is -1.82. The van der Waals surface area contributed by atoms with Crippen molar-refractivity contribution in [1.82, 2.24) is 20.3 Å². The number of fused-ring (bicyclic) bond motifs is 1. The van der Waals surface area contributed by atoms with E-state index in [-0.39, 0.29) is 18.4 Å². The lowest BCUT2D eigenvalue weighted by Gasteiger charge is -2.32. The van der Waals surface area contributed by atoms with Gasteiger partial charge in [0.2, 0.25) is 11.8 Å². The SMILES string of the molecule is COCCNC(=O)C(c1ccc(Cl)cc1)N(C(=O)Cn1nnc2ccccc21)c1cccc(C)c1.O=C(O)C(=O)O. The van der Waals surface area contributed by atoms with E-state index in [1.165, 1.54) is 4.90 Å². The lowest BCUT2D eigenvalue weighted by Crippen LogP contribution is -2.46. The number of aryl methyl sites for hydroxylation is 1. The van der Waals surface area contributed by atoms with E-state index in [2.05, 4.69) is 15.6 Å². The van der Waals surface area contributed by atoms with E-state index >= 15 is 0 Å². The van der Waals surface area contributed by atoms with Gasteiger partial charge in [0.05, 0.1) is 12.1 Å². The molecule has 0 saturated heterocycles. The molecule has 1 heterocycles. The second kappa shape index (κ2) is 14.5. The van der Waals surface area contributed by atoms with Crippen LogP contribution >= 0.6 is 11.6 Å². The van der Waals surface area contributed by atoms with Crippen molar-refractivity contribution in [2.24, 2.45) is 0 Å². The number of aromatic nitrogens is 3. The number of ether oxygens (including phenoxy) is 1. The van der Waals surface area contributed by atoms with Gasteiger partial charge in [0.15, 0.2) is 0 Å². The Morgan fingerprint density at radius 1 is 1.00 bits per heavy atom. The van der Waals surface area contributed by atoms with Gasteiger partial charge in [-0.05, 0) is 54.4 Å². The van der Waals surface area contributed by atoms with Crippen LogP contribution in [0.15, 0.2) is 72.8 Å². The molecule has 4 rings (SSSR count). The van der Waals surface area contributed by atoms with E-state index < -0.39 is 18.0 Å². The Labute approximate surface area is 240 Å². The molecule has 0 bridgehead atoms. The number of hydrogen-bond acceptors (Lipinski definition) is 7. The number of nitrogens with zero attached hydrogens (tertiary/aromatic N) is 4. The van der Waals surface area contributed by atoms with Gasteiger partial charge in [0, 0.05) is 24.4 Å². The number of benzene rings is 3. The number of para-hydroxylation sites is 1. The third-order valence-electron chi connectivity index (χ3n) is 5.73. The summed E-state index contributed by atoms with van der Waals surface area (Å²) in [6.45, 7) is 2.50. The van der Waals surface area contributed by atoms with Crippen LogP contribution in [0.5, 0.6) is 0 Å². The average Bonchev–Trinajstić information content (AvgIpc) is 3.35. The lowest BCUT2D eigenvalue weighted by molar-refractivity contribution is -0.159. The van der Waals surface area contributed by atoms with Gasteiger partial charge in [0.25, 0.3) is 0 Å². The highest BCUT2D eigenvalue weighted by molar-refractivity contribution is 6.30. The van der Waals surface area contributed by atoms with Crippen LogP contribution in [0.2, 0.25) is 5.02 Å². The van der Waals surface area contributed by atoms with Crippen LogP contribution in [0.4, 0.5) is 5.69 Å². The van der Waals surface area contributed by atoms with E-state index in [9.17, 15) is 9.59 Å². The molecule has 0 aliphatic carbocycles. The first-order valence-corrected chi connectivity index (χ1v) is 12.7. The molecule has 0 aliphatic rings. The molecule has 3 N–H and O–H groups in total. The summed E-state index contributed by atoms with van der Waals surface area (Å²) in [5, 5.41) is 26.5. The summed E-state index contributed by atoms with van der Waals surface area (Å²) in [5.74, 6) is -4.29. The Morgan fingerprint density at radius 2 is 1.68 bits per heavy atom. The Hall–Kier alpha value is -4.81. The summed E-state index contributed by atoms with van der Waals surface area (Å²) in [5.41, 5.74) is 3.61. The number of carboxylic acids is 2. The van der Waals surface area contributed by atoms with Gasteiger partial charge < -0.3 is 20.3 Å². The lowest BCUT2D eigenvalue weighted by atomic mass is 10.0. The number of aliphatic carboxylic acids is 2. The zero-order chi connectivity index (χ0) is 29.9. The Morgan fingerprint density at radius 3 is 2.32 bits per heavy atom. The third kappa shape index (κ3) is 8.34. The van der Waals surface area contributed by atoms with Crippen molar-refractivity contribution in [2.75, 3.05) is 25.2 Å². The summed E-state index contributed by atoms with van der Waals surface area (Å²) in [4.78, 5) is 47.1. The number of rotatable bonds is 9. The molecule has 1 unspecified atom stereocenters. The number of carboxylic acid groups (broad SMARTS) is 2. The molecular formula is C28H28ClN5O7. The zero-order valence-electron chi connectivity index (χ0n) is 22.2. The van der Waals surface area contributed by atoms with Crippen LogP contribution < -0.4 is 10.2 Å². The maximum absolute atomic E-state index is 13.9. The molecule has 214 valence electrons. The highest BCUT2D eigenvalue weighted by Crippen LogP contribution is 2.30. The minimum Gasteiger partial charge on any atom is -0.473 e. The van der Waals surface area contributed by atoms with Crippen molar-refractivity contribution in [3.63, 3.8) is 0 Å². The molecule has 0 saturated carbocycles. The molecule has 1 atom stereocenters. The summed E-state index contributed by atoms with van der Waals surface area (Å²) in [6, 6.07) is 20.9. The summed E-state index contributed by atoms with van der Waals surface area (Å²) in [7, 11) is 1.56. The largest absolute Gasteiger partial charge is 0.473 e. The van der Waals surface area contributed by atoms with Gasteiger partial charge in [0.1, 0.15) is 18.1 Å². The van der Waals surface area contributed by atoms with Crippen molar-refractivity contribution in [3.05, 3.63) is 88.9 Å². The second-order valence-electron chi connectivity index (χ2n) is 8.69. The molecule has 4 aromatic rings. The summed E-state index contributed by atoms with van der Waals surface area (Å²) in [6.07, 6.45) is 0. The first-order chi connectivity index (χ1) is 19.6. The molecule has 1 aromatic heterocycles. The molecule has 0 spiro atoms. The first kappa shape index (κ1) is 30.7. The van der Waals surface area contributed by atoms with Crippen molar-refractivity contribution in [1.29, 1.82) is 0 Å². The smallest absolute Gasteiger partial charge is 0.414 e. The maximum atomic E-state index is 13.9. The van der Waals surface area contributed by atoms with Crippen LogP contribution in [0.25, 0.3) is 11.0 Å². The van der Waals surface area contributed by atoms with Crippen LogP contribution in [0, 0.1) is 6.92 Å². The number of halogens is 1. The van der Waals surface area contributed by atoms with Crippen LogP contribution in [-0.4, -0.2) is 69.2 Å². The molecule has 2 amide bonds. The maximum Gasteiger partial charge on any atom is 0.414 e. The van der Waals surface area contributed by atoms with Crippen molar-refractivity contribution in [2.45, 2.75) is 19.5 Å². The van der Waals surface area contributed by atoms with Crippen LogP contribution in [-0.2, 0) is 30.5 Å². The van der Waals surface area contributed by atoms with E-state index in [0.29, 0.717) is 34.9 Å². The summed E-state index contributed by atoms with van der Waals surface area (Å²) < 4.78 is 6.63. The fourth-order valence-corrected chi connectivity index (χ4v) is 4.02. The molecule has 12 nitrogen and oxygen atoms in total. The highest BCUT2D eigenvalue weighted by atomic mass is 35.5. The number of amides is 2. The molecule has 13 heteroatoms. The molecule has 0 aliphatic heterocycles. The van der Waals surface area contributed by atoms with Gasteiger partial charge in [-0.15, -0.1) is 5.10 Å². The normalized spacial score (nSPS) is 11.2. The highest BCUT2D eigenvalue weighted by Gasteiger charge is 2.33. The molecule has 3 aromatic carbocycles. The van der Waals surface area contributed by atoms with E-state index in [4.69, 9.17) is 36.1 Å². The Kier molecular flexibility index (Phi) is 10.9. The van der Waals surface area contributed by atoms with E-state index in [0.717, 1.165) is 11.1 Å². The van der Waals surface area contributed by atoms with Gasteiger partial charge in [-0.1, -0.05) is 53.2 Å². The minimum absolute atomic E-state index is 0.0934. The number of methoxy groups -OCH3 is 1. The van der Waals surface area contributed by atoms with Gasteiger partial charge in [-0.25, -0.2) is 14.3 Å². The van der Waals surface area contributed by atoms with Crippen molar-refractivity contribution in [3.8, 4) is 0 Å². The van der Waals surface area contributed by atoms with Crippen molar-refractivity contribution >= 4 is 52.1 Å². The average molecular weight is 582 g/mol. The van der Waals surface area contributed by atoms with Gasteiger partial charge in [-0.2, -0.15) is 0 Å². The monoisotopic (exact) mass is 581 g/mol. The fourth-order valence-electron chi connectivity index (χ4n) is 3.89. The van der Waals surface area contributed by atoms with E-state index in [1.54, 1.807) is 36.1 Å². The topological polar surface area (TPSA) is 164 Å². The van der Waals surface area contributed by atoms with Crippen molar-refractivity contribution < 1.29 is 34.1 Å². The molecule has 0 fully saturated rings.